The van der Waals surface area contributed by atoms with E-state index in [1.54, 1.807) is 5.70 Å². The largest absolute Gasteiger partial charge is 0.388 e. The molecule has 0 aromatic heterocycles. The lowest BCUT2D eigenvalue weighted by molar-refractivity contribution is 0.429. The van der Waals surface area contributed by atoms with Crippen LogP contribution in [0.15, 0.2) is 11.8 Å². The highest BCUT2D eigenvalue weighted by molar-refractivity contribution is 5.05. The van der Waals surface area contributed by atoms with Crippen LogP contribution < -0.4 is 5.32 Å². The minimum Gasteiger partial charge on any atom is -0.388 e. The van der Waals surface area contributed by atoms with Gasteiger partial charge in [0.05, 0.1) is 0 Å². The predicted octanol–water partition coefficient (Wildman–Crippen LogP) is 5.56. The van der Waals surface area contributed by atoms with Crippen LogP contribution in [0.2, 0.25) is 0 Å². The van der Waals surface area contributed by atoms with Crippen LogP contribution in [0.1, 0.15) is 89.9 Å². The number of allylic oxidation sites excluding steroid dienone is 2. The van der Waals surface area contributed by atoms with E-state index in [1.807, 2.05) is 0 Å². The Labute approximate surface area is 120 Å². The predicted molar refractivity (Wildman–Crippen MR) is 84.2 cm³/mol. The number of hydrogen-bond donors (Lipinski definition) is 1. The molecule has 1 saturated heterocycles. The maximum absolute atomic E-state index is 3.80. The van der Waals surface area contributed by atoms with Crippen molar-refractivity contribution in [1.82, 2.24) is 5.32 Å². The highest BCUT2D eigenvalue weighted by atomic mass is 14.9. The highest BCUT2D eigenvalue weighted by Gasteiger charge is 2.15. The van der Waals surface area contributed by atoms with Crippen molar-refractivity contribution in [2.75, 3.05) is 6.54 Å². The summed E-state index contributed by atoms with van der Waals surface area (Å²) >= 11 is 0. The minimum absolute atomic E-state index is 0.844. The molecule has 1 unspecified atom stereocenters. The van der Waals surface area contributed by atoms with Gasteiger partial charge >= 0.3 is 0 Å². The quantitative estimate of drug-likeness (QED) is 0.603. The van der Waals surface area contributed by atoms with Crippen molar-refractivity contribution >= 4 is 0 Å². The molecular weight excluding hydrogens is 230 g/mol. The smallest absolute Gasteiger partial charge is 0.0143 e. The van der Waals surface area contributed by atoms with Crippen LogP contribution in [0.3, 0.4) is 0 Å². The van der Waals surface area contributed by atoms with E-state index in [4.69, 9.17) is 0 Å². The zero-order valence-corrected chi connectivity index (χ0v) is 12.8. The number of hydrogen-bond acceptors (Lipinski definition) is 1. The summed E-state index contributed by atoms with van der Waals surface area (Å²) in [7, 11) is 0. The van der Waals surface area contributed by atoms with Crippen molar-refractivity contribution in [3.05, 3.63) is 11.8 Å². The highest BCUT2D eigenvalue weighted by Crippen LogP contribution is 2.27. The van der Waals surface area contributed by atoms with Gasteiger partial charge in [-0.3, -0.25) is 0 Å². The van der Waals surface area contributed by atoms with Crippen molar-refractivity contribution in [3.63, 3.8) is 0 Å². The summed E-state index contributed by atoms with van der Waals surface area (Å²) in [4.78, 5) is 0. The number of nitrogens with one attached hydrogen (secondary N) is 1. The summed E-state index contributed by atoms with van der Waals surface area (Å²) in [5.41, 5.74) is 1.61. The summed E-state index contributed by atoms with van der Waals surface area (Å²) < 4.78 is 0. The normalized spacial score (nSPS) is 30.9. The molecular formula is C18H33N. The average Bonchev–Trinajstić information content (AvgIpc) is 2.48. The molecule has 1 aliphatic carbocycles. The molecule has 1 aliphatic heterocycles. The molecule has 1 heteroatoms. The molecule has 1 nitrogen and oxygen atoms in total. The molecule has 0 radical (unpaired) electrons. The standard InChI is InChI=1S/C18H33N/c1-2-7-11-15-18-17(13-9-5-1)14-10-6-3-4-8-12-16-19-18/h15,17,19H,1-14,16H2/b18-15+. The Morgan fingerprint density at radius 3 is 2.00 bits per heavy atom. The van der Waals surface area contributed by atoms with Crippen molar-refractivity contribution in [1.29, 1.82) is 0 Å². The Bertz CT molecular complexity index is 256. The summed E-state index contributed by atoms with van der Waals surface area (Å²) in [6.07, 6.45) is 22.5. The van der Waals surface area contributed by atoms with Crippen LogP contribution in [-0.2, 0) is 0 Å². The lowest BCUT2D eigenvalue weighted by atomic mass is 9.89. The first-order valence-corrected chi connectivity index (χ1v) is 8.91. The molecule has 0 bridgehead atoms. The van der Waals surface area contributed by atoms with E-state index in [2.05, 4.69) is 11.4 Å². The zero-order chi connectivity index (χ0) is 13.2. The van der Waals surface area contributed by atoms with Gasteiger partial charge in [-0.15, -0.1) is 0 Å². The number of fused-ring (bicyclic) bond motifs is 1. The SMILES string of the molecule is C1=C2/NCCCCCCCCC2CCCCCCC/1. The van der Waals surface area contributed by atoms with Gasteiger partial charge in [-0.25, -0.2) is 0 Å². The van der Waals surface area contributed by atoms with E-state index in [1.165, 1.54) is 96.4 Å². The molecule has 0 spiro atoms. The van der Waals surface area contributed by atoms with Crippen LogP contribution in [-0.4, -0.2) is 6.54 Å². The minimum atomic E-state index is 0.844. The molecule has 0 aromatic carbocycles. The molecule has 0 saturated carbocycles. The van der Waals surface area contributed by atoms with Gasteiger partial charge < -0.3 is 5.32 Å². The molecule has 0 amide bonds. The summed E-state index contributed by atoms with van der Waals surface area (Å²) in [6, 6.07) is 0. The Morgan fingerprint density at radius 2 is 1.26 bits per heavy atom. The summed E-state index contributed by atoms with van der Waals surface area (Å²) in [5, 5.41) is 3.80. The van der Waals surface area contributed by atoms with Crippen LogP contribution in [0, 0.1) is 5.92 Å². The third kappa shape index (κ3) is 6.01. The monoisotopic (exact) mass is 263 g/mol. The maximum Gasteiger partial charge on any atom is 0.0143 e. The fourth-order valence-corrected chi connectivity index (χ4v) is 3.62. The van der Waals surface area contributed by atoms with Gasteiger partial charge in [-0.1, -0.05) is 63.9 Å². The van der Waals surface area contributed by atoms with Crippen molar-refractivity contribution in [3.8, 4) is 0 Å². The summed E-state index contributed by atoms with van der Waals surface area (Å²) in [5.74, 6) is 0.844. The second-order valence-electron chi connectivity index (χ2n) is 6.54. The fourth-order valence-electron chi connectivity index (χ4n) is 3.62. The molecule has 1 fully saturated rings. The first kappa shape index (κ1) is 14.9. The Balaban J connectivity index is 1.96. The average molecular weight is 263 g/mol. The lowest BCUT2D eigenvalue weighted by Crippen LogP contribution is -2.22. The van der Waals surface area contributed by atoms with E-state index < -0.39 is 0 Å². The molecule has 0 aromatic rings. The second-order valence-corrected chi connectivity index (χ2v) is 6.54. The molecule has 1 heterocycles. The van der Waals surface area contributed by atoms with E-state index in [0.29, 0.717) is 0 Å². The van der Waals surface area contributed by atoms with Gasteiger partial charge in [0.1, 0.15) is 0 Å². The van der Waals surface area contributed by atoms with E-state index >= 15 is 0 Å². The number of rotatable bonds is 0. The van der Waals surface area contributed by atoms with Gasteiger partial charge in [0.2, 0.25) is 0 Å². The third-order valence-corrected chi connectivity index (χ3v) is 4.87. The van der Waals surface area contributed by atoms with Crippen molar-refractivity contribution in [2.24, 2.45) is 5.92 Å². The molecule has 1 N–H and O–H groups in total. The topological polar surface area (TPSA) is 12.0 Å². The Hall–Kier alpha value is -0.460. The van der Waals surface area contributed by atoms with E-state index in [9.17, 15) is 0 Å². The van der Waals surface area contributed by atoms with Crippen molar-refractivity contribution in [2.45, 2.75) is 89.9 Å². The van der Waals surface area contributed by atoms with E-state index in [0.717, 1.165) is 5.92 Å². The lowest BCUT2D eigenvalue weighted by Gasteiger charge is -2.23. The van der Waals surface area contributed by atoms with Gasteiger partial charge in [-0.05, 0) is 38.0 Å². The van der Waals surface area contributed by atoms with Crippen LogP contribution >= 0.6 is 0 Å². The zero-order valence-electron chi connectivity index (χ0n) is 12.8. The van der Waals surface area contributed by atoms with Gasteiger partial charge in [-0.2, -0.15) is 0 Å². The van der Waals surface area contributed by atoms with Crippen LogP contribution in [0.4, 0.5) is 0 Å². The van der Waals surface area contributed by atoms with Gasteiger partial charge in [0.15, 0.2) is 0 Å². The second kappa shape index (κ2) is 9.44. The van der Waals surface area contributed by atoms with Crippen LogP contribution in [0.5, 0.6) is 0 Å². The fraction of sp³-hybridized carbons (Fsp3) is 0.889. The first-order valence-electron chi connectivity index (χ1n) is 8.91. The van der Waals surface area contributed by atoms with Gasteiger partial charge in [0, 0.05) is 12.2 Å². The third-order valence-electron chi connectivity index (χ3n) is 4.87. The Kier molecular flexibility index (Phi) is 7.43. The van der Waals surface area contributed by atoms with Crippen LogP contribution in [0.25, 0.3) is 0 Å². The van der Waals surface area contributed by atoms with Crippen molar-refractivity contribution < 1.29 is 0 Å². The van der Waals surface area contributed by atoms with E-state index in [-0.39, 0.29) is 0 Å². The summed E-state index contributed by atoms with van der Waals surface area (Å²) in [6.45, 7) is 1.21. The molecule has 110 valence electrons. The molecule has 1 atom stereocenters. The maximum atomic E-state index is 3.80. The molecule has 2 rings (SSSR count). The first-order chi connectivity index (χ1) is 9.47. The molecule has 19 heavy (non-hydrogen) atoms. The molecule has 2 aliphatic rings. The Morgan fingerprint density at radius 1 is 0.684 bits per heavy atom. The van der Waals surface area contributed by atoms with Gasteiger partial charge in [0.25, 0.3) is 0 Å².